The van der Waals surface area contributed by atoms with Gasteiger partial charge in [0.25, 0.3) is 0 Å². The van der Waals surface area contributed by atoms with Crippen molar-refractivity contribution in [3.63, 3.8) is 0 Å². The Morgan fingerprint density at radius 1 is 1.35 bits per heavy atom. The fourth-order valence-corrected chi connectivity index (χ4v) is 2.93. The van der Waals surface area contributed by atoms with Gasteiger partial charge in [-0.15, -0.1) is 0 Å². The minimum absolute atomic E-state index is 0.220. The molecule has 0 unspecified atom stereocenters. The van der Waals surface area contributed by atoms with Gasteiger partial charge < -0.3 is 10.4 Å². The zero-order chi connectivity index (χ0) is 11.9. The summed E-state index contributed by atoms with van der Waals surface area (Å²) in [6.45, 7) is 1.80. The van der Waals surface area contributed by atoms with E-state index in [2.05, 4.69) is 5.32 Å². The number of hydrogen-bond acceptors (Lipinski definition) is 2. The summed E-state index contributed by atoms with van der Waals surface area (Å²) < 4.78 is 0. The molecule has 0 bridgehead atoms. The summed E-state index contributed by atoms with van der Waals surface area (Å²) in [4.78, 5) is 0. The van der Waals surface area contributed by atoms with Gasteiger partial charge in [-0.3, -0.25) is 0 Å². The SMILES string of the molecule is Oc1c(Cl)cccc1CNCC1(C2CC2)CC1. The molecule has 2 aliphatic rings. The second kappa shape index (κ2) is 4.18. The first-order chi connectivity index (χ1) is 8.21. The molecule has 0 atom stereocenters. The predicted octanol–water partition coefficient (Wildman–Crippen LogP) is 3.33. The second-order valence-electron chi connectivity index (χ2n) is 5.49. The minimum atomic E-state index is 0.220. The molecule has 2 saturated carbocycles. The zero-order valence-corrected chi connectivity index (χ0v) is 10.6. The molecule has 0 heterocycles. The summed E-state index contributed by atoms with van der Waals surface area (Å²) in [6.07, 6.45) is 5.60. The molecule has 0 saturated heterocycles. The number of benzene rings is 1. The molecular formula is C14H18ClNO. The molecular weight excluding hydrogens is 234 g/mol. The molecule has 2 aliphatic carbocycles. The van der Waals surface area contributed by atoms with Gasteiger partial charge in [-0.2, -0.15) is 0 Å². The fourth-order valence-electron chi connectivity index (χ4n) is 2.73. The lowest BCUT2D eigenvalue weighted by Gasteiger charge is -2.15. The second-order valence-corrected chi connectivity index (χ2v) is 5.89. The Kier molecular flexibility index (Phi) is 2.80. The van der Waals surface area contributed by atoms with E-state index < -0.39 is 0 Å². The maximum atomic E-state index is 9.79. The van der Waals surface area contributed by atoms with Gasteiger partial charge in [0.2, 0.25) is 0 Å². The lowest BCUT2D eigenvalue weighted by Crippen LogP contribution is -2.25. The van der Waals surface area contributed by atoms with Crippen LogP contribution >= 0.6 is 11.6 Å². The van der Waals surface area contributed by atoms with E-state index in [1.165, 1.54) is 25.7 Å². The van der Waals surface area contributed by atoms with Crippen molar-refractivity contribution in [2.75, 3.05) is 6.54 Å². The van der Waals surface area contributed by atoms with Crippen LogP contribution in [0.2, 0.25) is 5.02 Å². The van der Waals surface area contributed by atoms with Gasteiger partial charge in [0.1, 0.15) is 5.75 Å². The third-order valence-electron chi connectivity index (χ3n) is 4.20. The van der Waals surface area contributed by atoms with E-state index in [1.807, 2.05) is 12.1 Å². The quantitative estimate of drug-likeness (QED) is 0.842. The van der Waals surface area contributed by atoms with Gasteiger partial charge in [-0.1, -0.05) is 23.7 Å². The zero-order valence-electron chi connectivity index (χ0n) is 9.88. The van der Waals surface area contributed by atoms with Crippen LogP contribution in [0.4, 0.5) is 0 Å². The number of phenolic OH excluding ortho intramolecular Hbond substituents is 1. The molecule has 1 aromatic rings. The summed E-state index contributed by atoms with van der Waals surface area (Å²) in [6, 6.07) is 5.52. The van der Waals surface area contributed by atoms with Gasteiger partial charge in [-0.05, 0) is 43.1 Å². The molecule has 3 heteroatoms. The van der Waals surface area contributed by atoms with Crippen LogP contribution in [0, 0.1) is 11.3 Å². The summed E-state index contributed by atoms with van der Waals surface area (Å²) in [5.74, 6) is 1.20. The number of phenols is 1. The van der Waals surface area contributed by atoms with Crippen molar-refractivity contribution in [3.8, 4) is 5.75 Å². The third-order valence-corrected chi connectivity index (χ3v) is 4.50. The highest BCUT2D eigenvalue weighted by atomic mass is 35.5. The fraction of sp³-hybridized carbons (Fsp3) is 0.571. The largest absolute Gasteiger partial charge is 0.506 e. The van der Waals surface area contributed by atoms with Crippen LogP contribution in [-0.2, 0) is 6.54 Å². The lowest BCUT2D eigenvalue weighted by atomic mass is 10.0. The van der Waals surface area contributed by atoms with E-state index in [-0.39, 0.29) is 5.75 Å². The first-order valence-corrected chi connectivity index (χ1v) is 6.76. The standard InChI is InChI=1S/C14H18ClNO/c15-12-3-1-2-10(13(12)17)8-16-9-14(6-7-14)11-4-5-11/h1-3,11,16-17H,4-9H2. The molecule has 2 N–H and O–H groups in total. The van der Waals surface area contributed by atoms with Crippen LogP contribution in [0.15, 0.2) is 18.2 Å². The molecule has 0 amide bonds. The Morgan fingerprint density at radius 3 is 2.76 bits per heavy atom. The summed E-state index contributed by atoms with van der Waals surface area (Å²) in [5.41, 5.74) is 1.50. The maximum Gasteiger partial charge on any atom is 0.138 e. The van der Waals surface area contributed by atoms with Gasteiger partial charge >= 0.3 is 0 Å². The average Bonchev–Trinajstić information content (AvgIpc) is 3.14. The molecule has 3 rings (SSSR count). The minimum Gasteiger partial charge on any atom is -0.506 e. The van der Waals surface area contributed by atoms with E-state index >= 15 is 0 Å². The van der Waals surface area contributed by atoms with E-state index in [9.17, 15) is 5.11 Å². The highest BCUT2D eigenvalue weighted by molar-refractivity contribution is 6.32. The van der Waals surface area contributed by atoms with Crippen LogP contribution in [0.1, 0.15) is 31.2 Å². The Balaban J connectivity index is 1.55. The summed E-state index contributed by atoms with van der Waals surface area (Å²) in [7, 11) is 0. The molecule has 0 radical (unpaired) electrons. The van der Waals surface area contributed by atoms with Crippen molar-refractivity contribution < 1.29 is 5.11 Å². The average molecular weight is 252 g/mol. The normalized spacial score (nSPS) is 21.5. The van der Waals surface area contributed by atoms with E-state index in [0.717, 1.165) is 18.0 Å². The van der Waals surface area contributed by atoms with E-state index in [4.69, 9.17) is 11.6 Å². The summed E-state index contributed by atoms with van der Waals surface area (Å²) >= 11 is 5.88. The maximum absolute atomic E-state index is 9.79. The topological polar surface area (TPSA) is 32.3 Å². The van der Waals surface area contributed by atoms with E-state index in [0.29, 0.717) is 17.0 Å². The van der Waals surface area contributed by atoms with Gasteiger partial charge in [0, 0.05) is 18.7 Å². The first-order valence-electron chi connectivity index (χ1n) is 6.38. The molecule has 92 valence electrons. The Labute approximate surface area is 107 Å². The highest BCUT2D eigenvalue weighted by Gasteiger charge is 2.53. The molecule has 1 aromatic carbocycles. The van der Waals surface area contributed by atoms with Gasteiger partial charge in [-0.25, -0.2) is 0 Å². The van der Waals surface area contributed by atoms with Gasteiger partial charge in [0.05, 0.1) is 5.02 Å². The van der Waals surface area contributed by atoms with E-state index in [1.54, 1.807) is 6.07 Å². The Morgan fingerprint density at radius 2 is 2.12 bits per heavy atom. The number of para-hydroxylation sites is 1. The molecule has 0 aliphatic heterocycles. The number of aromatic hydroxyl groups is 1. The van der Waals surface area contributed by atoms with Crippen molar-refractivity contribution >= 4 is 11.6 Å². The molecule has 2 fully saturated rings. The van der Waals surface area contributed by atoms with Crippen molar-refractivity contribution in [2.24, 2.45) is 11.3 Å². The third kappa shape index (κ3) is 2.29. The Bertz CT molecular complexity index is 424. The van der Waals surface area contributed by atoms with Crippen LogP contribution in [0.25, 0.3) is 0 Å². The first kappa shape index (κ1) is 11.4. The molecule has 2 nitrogen and oxygen atoms in total. The lowest BCUT2D eigenvalue weighted by molar-refractivity contribution is 0.399. The van der Waals surface area contributed by atoms with Crippen molar-refractivity contribution in [2.45, 2.75) is 32.2 Å². The van der Waals surface area contributed by atoms with Crippen LogP contribution in [0.5, 0.6) is 5.75 Å². The van der Waals surface area contributed by atoms with Crippen LogP contribution in [-0.4, -0.2) is 11.7 Å². The number of nitrogens with one attached hydrogen (secondary N) is 1. The number of halogens is 1. The monoisotopic (exact) mass is 251 g/mol. The summed E-state index contributed by atoms with van der Waals surface area (Å²) in [5, 5.41) is 13.7. The van der Waals surface area contributed by atoms with Crippen LogP contribution in [0.3, 0.4) is 0 Å². The molecule has 0 aromatic heterocycles. The molecule has 0 spiro atoms. The van der Waals surface area contributed by atoms with Crippen LogP contribution < -0.4 is 5.32 Å². The highest BCUT2D eigenvalue weighted by Crippen LogP contribution is 2.60. The van der Waals surface area contributed by atoms with Crippen molar-refractivity contribution in [1.29, 1.82) is 0 Å². The van der Waals surface area contributed by atoms with Crippen molar-refractivity contribution in [1.82, 2.24) is 5.32 Å². The van der Waals surface area contributed by atoms with Crippen molar-refractivity contribution in [3.05, 3.63) is 28.8 Å². The predicted molar refractivity (Wildman–Crippen MR) is 69.2 cm³/mol. The smallest absolute Gasteiger partial charge is 0.138 e. The number of rotatable bonds is 5. The number of hydrogen-bond donors (Lipinski definition) is 2. The molecule has 17 heavy (non-hydrogen) atoms. The van der Waals surface area contributed by atoms with Gasteiger partial charge in [0.15, 0.2) is 0 Å². The Hall–Kier alpha value is -0.730.